The van der Waals surface area contributed by atoms with Crippen LogP contribution in [-0.4, -0.2) is 38.6 Å². The van der Waals surface area contributed by atoms with Crippen LogP contribution in [0.25, 0.3) is 0 Å². The van der Waals surface area contributed by atoms with Gasteiger partial charge in [0.15, 0.2) is 6.23 Å². The van der Waals surface area contributed by atoms with Crippen LogP contribution in [0.15, 0.2) is 17.1 Å². The summed E-state index contributed by atoms with van der Waals surface area (Å²) in [6.45, 7) is -0.405. The van der Waals surface area contributed by atoms with Crippen LogP contribution >= 0.6 is 0 Å². The van der Waals surface area contributed by atoms with Crippen molar-refractivity contribution in [3.05, 3.63) is 28.4 Å². The first-order valence-corrected chi connectivity index (χ1v) is 8.08. The summed E-state index contributed by atoms with van der Waals surface area (Å²) < 4.78 is 6.71. The Kier molecular flexibility index (Phi) is 4.76. The summed E-state index contributed by atoms with van der Waals surface area (Å²) in [6.07, 6.45) is 4.30. The van der Waals surface area contributed by atoms with E-state index < -0.39 is 36.7 Å². The van der Waals surface area contributed by atoms with Crippen molar-refractivity contribution in [3.63, 3.8) is 0 Å². The summed E-state index contributed by atoms with van der Waals surface area (Å²) >= 11 is 0. The minimum absolute atomic E-state index is 0.318. The summed E-state index contributed by atoms with van der Waals surface area (Å²) in [5, 5.41) is 28.4. The van der Waals surface area contributed by atoms with Gasteiger partial charge in [0.25, 0.3) is 0 Å². The van der Waals surface area contributed by atoms with E-state index in [9.17, 15) is 20.3 Å². The molecule has 2 heterocycles. The van der Waals surface area contributed by atoms with Crippen molar-refractivity contribution in [2.24, 2.45) is 5.92 Å². The Morgan fingerprint density at radius 2 is 2.13 bits per heavy atom. The zero-order valence-electron chi connectivity index (χ0n) is 12.8. The van der Waals surface area contributed by atoms with Crippen molar-refractivity contribution in [3.8, 4) is 6.07 Å². The minimum atomic E-state index is -1.13. The number of ether oxygens (including phenoxy) is 1. The molecule has 2 N–H and O–H groups in total. The van der Waals surface area contributed by atoms with Crippen LogP contribution in [0, 0.1) is 17.2 Å². The second kappa shape index (κ2) is 6.79. The summed E-state index contributed by atoms with van der Waals surface area (Å²) in [5.41, 5.74) is 0.306. The van der Waals surface area contributed by atoms with Crippen LogP contribution in [0.5, 0.6) is 0 Å². The van der Waals surface area contributed by atoms with E-state index >= 15 is 0 Å². The number of aromatic nitrogens is 2. The van der Waals surface area contributed by atoms with Gasteiger partial charge in [-0.05, 0) is 18.9 Å². The van der Waals surface area contributed by atoms with Gasteiger partial charge in [0.2, 0.25) is 0 Å². The molecule has 2 aliphatic rings. The van der Waals surface area contributed by atoms with Crippen molar-refractivity contribution in [1.29, 1.82) is 5.26 Å². The lowest BCUT2D eigenvalue weighted by molar-refractivity contribution is -0.0470. The highest BCUT2D eigenvalue weighted by atomic mass is 16.5. The molecule has 1 aromatic rings. The quantitative estimate of drug-likeness (QED) is 0.848. The molecule has 3 rings (SSSR count). The highest BCUT2D eigenvalue weighted by Crippen LogP contribution is 2.34. The van der Waals surface area contributed by atoms with Crippen LogP contribution in [0.2, 0.25) is 0 Å². The van der Waals surface area contributed by atoms with Gasteiger partial charge in [0.1, 0.15) is 18.1 Å². The van der Waals surface area contributed by atoms with Crippen molar-refractivity contribution in [2.45, 2.75) is 56.5 Å². The zero-order valence-corrected chi connectivity index (χ0v) is 12.8. The second-order valence-electron chi connectivity index (χ2n) is 6.27. The molecule has 2 fully saturated rings. The Labute approximate surface area is 134 Å². The molecule has 0 radical (unpaired) electrons. The van der Waals surface area contributed by atoms with Gasteiger partial charge < -0.3 is 14.9 Å². The predicted molar refractivity (Wildman–Crippen MR) is 80.4 cm³/mol. The summed E-state index contributed by atoms with van der Waals surface area (Å²) in [6, 6.07) is 3.76. The molecule has 7 nitrogen and oxygen atoms in total. The van der Waals surface area contributed by atoms with Crippen molar-refractivity contribution in [1.82, 2.24) is 9.55 Å². The van der Waals surface area contributed by atoms with Crippen LogP contribution in [0.1, 0.15) is 49.9 Å². The molecule has 0 aromatic carbocycles. The molecule has 1 saturated heterocycles. The lowest BCUT2D eigenvalue weighted by atomic mass is 9.87. The molecule has 1 aliphatic heterocycles. The van der Waals surface area contributed by atoms with Gasteiger partial charge in [0.05, 0.1) is 18.4 Å². The van der Waals surface area contributed by atoms with Crippen molar-refractivity contribution in [2.75, 3.05) is 6.61 Å². The largest absolute Gasteiger partial charge is 0.394 e. The number of hydrogen-bond acceptors (Lipinski definition) is 6. The number of nitrogens with zero attached hydrogens (tertiary/aromatic N) is 3. The maximum atomic E-state index is 12.4. The minimum Gasteiger partial charge on any atom is -0.394 e. The number of nitriles is 1. The van der Waals surface area contributed by atoms with E-state index in [0.717, 1.165) is 31.4 Å². The molecule has 1 aliphatic carbocycles. The topological polar surface area (TPSA) is 108 Å². The van der Waals surface area contributed by atoms with Gasteiger partial charge in [-0.25, -0.2) is 4.79 Å². The zero-order chi connectivity index (χ0) is 16.4. The Bertz CT molecular complexity index is 647. The first kappa shape index (κ1) is 16.1. The van der Waals surface area contributed by atoms with Crippen LogP contribution in [0.4, 0.5) is 0 Å². The number of hydrogen-bond donors (Lipinski definition) is 2. The normalized spacial score (nSPS) is 31.9. The van der Waals surface area contributed by atoms with E-state index in [-0.39, 0.29) is 0 Å². The molecule has 124 valence electrons. The van der Waals surface area contributed by atoms with Crippen LogP contribution in [0.3, 0.4) is 0 Å². The van der Waals surface area contributed by atoms with Gasteiger partial charge in [-0.15, -0.1) is 0 Å². The van der Waals surface area contributed by atoms with E-state index in [2.05, 4.69) is 4.98 Å². The first-order chi connectivity index (χ1) is 11.2. The van der Waals surface area contributed by atoms with E-state index in [1.807, 2.05) is 6.07 Å². The average molecular weight is 319 g/mol. The lowest BCUT2D eigenvalue weighted by Gasteiger charge is -2.22. The standard InChI is InChI=1S/C16H21N3O4/c17-8-11-14(21)13(9-20)23-15(11)19-7-6-12(18-16(19)22)10-4-2-1-3-5-10/h6-7,10-11,13-15,20-21H,1-5,9H2/t11-,13+,14-,15+/m0/s1. The van der Waals surface area contributed by atoms with Gasteiger partial charge in [-0.2, -0.15) is 10.2 Å². The third-order valence-corrected chi connectivity index (χ3v) is 4.85. The van der Waals surface area contributed by atoms with Crippen molar-refractivity contribution >= 4 is 0 Å². The molecular weight excluding hydrogens is 298 g/mol. The Morgan fingerprint density at radius 3 is 2.74 bits per heavy atom. The molecule has 0 bridgehead atoms. The van der Waals surface area contributed by atoms with E-state index in [1.165, 1.54) is 11.0 Å². The maximum absolute atomic E-state index is 12.4. The number of rotatable bonds is 3. The molecule has 1 aromatic heterocycles. The highest BCUT2D eigenvalue weighted by Gasteiger charge is 2.45. The predicted octanol–water partition coefficient (Wildman–Crippen LogP) is 0.681. The monoisotopic (exact) mass is 319 g/mol. The van der Waals surface area contributed by atoms with Crippen molar-refractivity contribution < 1.29 is 14.9 Å². The summed E-state index contributed by atoms with van der Waals surface area (Å²) in [5.74, 6) is -0.592. The van der Waals surface area contributed by atoms with Gasteiger partial charge in [-0.1, -0.05) is 19.3 Å². The van der Waals surface area contributed by atoms with E-state index in [4.69, 9.17) is 4.74 Å². The lowest BCUT2D eigenvalue weighted by Crippen LogP contribution is -2.32. The molecule has 0 unspecified atom stereocenters. The molecule has 7 heteroatoms. The fourth-order valence-corrected chi connectivity index (χ4v) is 3.52. The maximum Gasteiger partial charge on any atom is 0.349 e. The third-order valence-electron chi connectivity index (χ3n) is 4.85. The van der Waals surface area contributed by atoms with Crippen LogP contribution < -0.4 is 5.69 Å². The summed E-state index contributed by atoms with van der Waals surface area (Å²) in [7, 11) is 0. The van der Waals surface area contributed by atoms with E-state index in [1.54, 1.807) is 12.3 Å². The molecular formula is C16H21N3O4. The molecule has 23 heavy (non-hydrogen) atoms. The fourth-order valence-electron chi connectivity index (χ4n) is 3.52. The fraction of sp³-hybridized carbons (Fsp3) is 0.688. The SMILES string of the molecule is N#C[C@H]1[C@H](O)[C@@H](CO)O[C@H]1n1ccc(C2CCCCC2)nc1=O. The smallest absolute Gasteiger partial charge is 0.349 e. The Hall–Kier alpha value is -1.75. The number of aliphatic hydroxyl groups excluding tert-OH is 2. The third kappa shape index (κ3) is 3.02. The van der Waals surface area contributed by atoms with Gasteiger partial charge in [-0.3, -0.25) is 4.57 Å². The van der Waals surface area contributed by atoms with Gasteiger partial charge in [0, 0.05) is 12.1 Å². The van der Waals surface area contributed by atoms with E-state index in [0.29, 0.717) is 5.92 Å². The molecule has 0 spiro atoms. The molecule has 4 atom stereocenters. The van der Waals surface area contributed by atoms with Crippen LogP contribution in [-0.2, 0) is 4.74 Å². The second-order valence-corrected chi connectivity index (χ2v) is 6.27. The molecule has 1 saturated carbocycles. The highest BCUT2D eigenvalue weighted by molar-refractivity contribution is 5.09. The Morgan fingerprint density at radius 1 is 1.39 bits per heavy atom. The average Bonchev–Trinajstić information content (AvgIpc) is 2.91. The number of aliphatic hydroxyl groups is 2. The Balaban J connectivity index is 1.86. The summed E-state index contributed by atoms with van der Waals surface area (Å²) in [4.78, 5) is 16.5. The van der Waals surface area contributed by atoms with Gasteiger partial charge >= 0.3 is 5.69 Å². The molecule has 0 amide bonds. The first-order valence-electron chi connectivity index (χ1n) is 8.08.